The fraction of sp³-hybridized carbons (Fsp3) is 0.273. The largest absolute Gasteiger partial charge is 0.351 e. The lowest BCUT2D eigenvalue weighted by molar-refractivity contribution is -0.122. The third-order valence-electron chi connectivity index (χ3n) is 4.52. The fourth-order valence-corrected chi connectivity index (χ4v) is 3.02. The summed E-state index contributed by atoms with van der Waals surface area (Å²) >= 11 is 0. The maximum absolute atomic E-state index is 12.4. The zero-order chi connectivity index (χ0) is 19.6. The van der Waals surface area contributed by atoms with Gasteiger partial charge in [-0.05, 0) is 24.1 Å². The van der Waals surface area contributed by atoms with E-state index < -0.39 is 0 Å². The predicted octanol–water partition coefficient (Wildman–Crippen LogP) is 2.41. The molecule has 0 atom stereocenters. The Hall–Kier alpha value is -2.67. The highest BCUT2D eigenvalue weighted by molar-refractivity contribution is 5.85. The molecule has 6 nitrogen and oxygen atoms in total. The zero-order valence-electron chi connectivity index (χ0n) is 16.4. The van der Waals surface area contributed by atoms with E-state index >= 15 is 0 Å². The Labute approximate surface area is 178 Å². The van der Waals surface area contributed by atoms with Gasteiger partial charge in [-0.15, -0.1) is 12.4 Å². The molecule has 1 aromatic heterocycles. The van der Waals surface area contributed by atoms with Crippen LogP contribution in [0.5, 0.6) is 0 Å². The third kappa shape index (κ3) is 7.34. The minimum Gasteiger partial charge on any atom is -0.351 e. The normalized spacial score (nSPS) is 10.6. The molecular formula is C22H28ClN5O. The molecule has 0 aliphatic heterocycles. The third-order valence-corrected chi connectivity index (χ3v) is 4.52. The first-order valence-electron chi connectivity index (χ1n) is 9.56. The summed E-state index contributed by atoms with van der Waals surface area (Å²) in [5.41, 5.74) is 8.94. The van der Waals surface area contributed by atoms with Crippen molar-refractivity contribution in [1.29, 1.82) is 0 Å². The number of carbonyl (C=O) groups excluding carboxylic acids is 1. The van der Waals surface area contributed by atoms with Crippen molar-refractivity contribution in [3.8, 4) is 5.69 Å². The second-order valence-corrected chi connectivity index (χ2v) is 6.71. The van der Waals surface area contributed by atoms with Gasteiger partial charge >= 0.3 is 0 Å². The topological polar surface area (TPSA) is 76.2 Å². The maximum Gasteiger partial charge on any atom is 0.234 e. The summed E-state index contributed by atoms with van der Waals surface area (Å²) in [6, 6.07) is 20.2. The second kappa shape index (κ2) is 12.0. The molecule has 0 saturated heterocycles. The van der Waals surface area contributed by atoms with Gasteiger partial charge in [0.1, 0.15) is 0 Å². The van der Waals surface area contributed by atoms with Crippen LogP contribution in [0.3, 0.4) is 0 Å². The lowest BCUT2D eigenvalue weighted by Gasteiger charge is -2.21. The summed E-state index contributed by atoms with van der Waals surface area (Å²) in [5, 5.41) is 7.33. The smallest absolute Gasteiger partial charge is 0.234 e. The number of halogens is 1. The van der Waals surface area contributed by atoms with Gasteiger partial charge in [0, 0.05) is 37.9 Å². The SMILES string of the molecule is Cl.NCCN(CCc1ccccc1)CC(=O)NCc1cnn(-c2ccccc2)c1. The Morgan fingerprint density at radius 3 is 2.38 bits per heavy atom. The van der Waals surface area contributed by atoms with Crippen molar-refractivity contribution in [2.45, 2.75) is 13.0 Å². The first-order valence-corrected chi connectivity index (χ1v) is 9.56. The number of carbonyl (C=O) groups is 1. The monoisotopic (exact) mass is 413 g/mol. The van der Waals surface area contributed by atoms with Gasteiger partial charge in [0.25, 0.3) is 0 Å². The van der Waals surface area contributed by atoms with E-state index in [1.54, 1.807) is 6.20 Å². The lowest BCUT2D eigenvalue weighted by atomic mass is 10.1. The van der Waals surface area contributed by atoms with Gasteiger partial charge in [0.2, 0.25) is 5.91 Å². The quantitative estimate of drug-likeness (QED) is 0.535. The van der Waals surface area contributed by atoms with Gasteiger partial charge in [-0.1, -0.05) is 48.5 Å². The Bertz CT molecular complexity index is 854. The first kappa shape index (κ1) is 22.6. The number of benzene rings is 2. The number of para-hydroxylation sites is 1. The Morgan fingerprint density at radius 1 is 1.00 bits per heavy atom. The number of hydrogen-bond donors (Lipinski definition) is 2. The van der Waals surface area contributed by atoms with Crippen LogP contribution in [0.1, 0.15) is 11.1 Å². The van der Waals surface area contributed by atoms with Crippen LogP contribution < -0.4 is 11.1 Å². The molecule has 3 rings (SSSR count). The number of nitrogens with two attached hydrogens (primary N) is 1. The summed E-state index contributed by atoms with van der Waals surface area (Å²) in [5.74, 6) is -0.00558. The van der Waals surface area contributed by atoms with Crippen molar-refractivity contribution in [1.82, 2.24) is 20.0 Å². The molecule has 0 radical (unpaired) electrons. The highest BCUT2D eigenvalue weighted by atomic mass is 35.5. The van der Waals surface area contributed by atoms with Gasteiger partial charge < -0.3 is 11.1 Å². The Balaban J connectivity index is 0.00000300. The molecule has 1 amide bonds. The molecular weight excluding hydrogens is 386 g/mol. The summed E-state index contributed by atoms with van der Waals surface area (Å²) in [6.07, 6.45) is 4.61. The van der Waals surface area contributed by atoms with Crippen molar-refractivity contribution < 1.29 is 4.79 Å². The van der Waals surface area contributed by atoms with Crippen molar-refractivity contribution in [3.63, 3.8) is 0 Å². The molecule has 0 fully saturated rings. The molecule has 0 bridgehead atoms. The molecule has 0 aliphatic rings. The molecule has 3 N–H and O–H groups in total. The van der Waals surface area contributed by atoms with Crippen molar-refractivity contribution in [2.75, 3.05) is 26.2 Å². The van der Waals surface area contributed by atoms with Crippen molar-refractivity contribution in [3.05, 3.63) is 84.2 Å². The first-order chi connectivity index (χ1) is 13.7. The molecule has 7 heteroatoms. The second-order valence-electron chi connectivity index (χ2n) is 6.71. The van der Waals surface area contributed by atoms with E-state index in [-0.39, 0.29) is 18.3 Å². The summed E-state index contributed by atoms with van der Waals surface area (Å²) in [6.45, 7) is 2.84. The molecule has 1 heterocycles. The van der Waals surface area contributed by atoms with Gasteiger partial charge in [0.15, 0.2) is 0 Å². The molecule has 154 valence electrons. The summed E-state index contributed by atoms with van der Waals surface area (Å²) in [7, 11) is 0. The van der Waals surface area contributed by atoms with Crippen LogP contribution in [-0.4, -0.2) is 46.8 Å². The van der Waals surface area contributed by atoms with Gasteiger partial charge in [-0.3, -0.25) is 9.69 Å². The molecule has 0 saturated carbocycles. The highest BCUT2D eigenvalue weighted by Crippen LogP contribution is 2.07. The highest BCUT2D eigenvalue weighted by Gasteiger charge is 2.11. The number of hydrogen-bond acceptors (Lipinski definition) is 4. The van der Waals surface area contributed by atoms with Gasteiger partial charge in [-0.25, -0.2) is 4.68 Å². The van der Waals surface area contributed by atoms with Crippen LogP contribution in [0.15, 0.2) is 73.1 Å². The minimum absolute atomic E-state index is 0. The van der Waals surface area contributed by atoms with Crippen LogP contribution in [0, 0.1) is 0 Å². The minimum atomic E-state index is -0.00558. The fourth-order valence-electron chi connectivity index (χ4n) is 3.02. The average Bonchev–Trinajstić information content (AvgIpc) is 3.21. The molecule has 0 aliphatic carbocycles. The number of amides is 1. The van der Waals surface area contributed by atoms with E-state index in [4.69, 9.17) is 5.73 Å². The van der Waals surface area contributed by atoms with E-state index in [9.17, 15) is 4.79 Å². The van der Waals surface area contributed by atoms with Crippen LogP contribution in [0.2, 0.25) is 0 Å². The van der Waals surface area contributed by atoms with E-state index in [2.05, 4.69) is 27.4 Å². The Kier molecular flexibility index (Phi) is 9.37. The molecule has 0 unspecified atom stereocenters. The average molecular weight is 414 g/mol. The molecule has 0 spiro atoms. The van der Waals surface area contributed by atoms with Crippen LogP contribution in [-0.2, 0) is 17.8 Å². The van der Waals surface area contributed by atoms with Crippen LogP contribution in [0.25, 0.3) is 5.69 Å². The molecule has 3 aromatic rings. The van der Waals surface area contributed by atoms with E-state index in [1.165, 1.54) is 5.56 Å². The standard InChI is InChI=1S/C22H27N5O.ClH/c23-12-14-26(13-11-19-7-3-1-4-8-19)18-22(28)24-15-20-16-25-27(17-20)21-9-5-2-6-10-21;/h1-10,16-17H,11-15,18,23H2,(H,24,28);1H. The van der Waals surface area contributed by atoms with E-state index in [0.717, 1.165) is 24.2 Å². The number of aromatic nitrogens is 2. The van der Waals surface area contributed by atoms with Crippen molar-refractivity contribution >= 4 is 18.3 Å². The summed E-state index contributed by atoms with van der Waals surface area (Å²) < 4.78 is 1.81. The maximum atomic E-state index is 12.4. The Morgan fingerprint density at radius 2 is 1.69 bits per heavy atom. The van der Waals surface area contributed by atoms with Gasteiger partial charge in [-0.2, -0.15) is 5.10 Å². The van der Waals surface area contributed by atoms with Crippen molar-refractivity contribution in [2.24, 2.45) is 5.73 Å². The molecule has 29 heavy (non-hydrogen) atoms. The zero-order valence-corrected chi connectivity index (χ0v) is 17.2. The number of rotatable bonds is 10. The van der Waals surface area contributed by atoms with E-state index in [0.29, 0.717) is 26.2 Å². The summed E-state index contributed by atoms with van der Waals surface area (Å²) in [4.78, 5) is 14.5. The number of nitrogens with one attached hydrogen (secondary N) is 1. The van der Waals surface area contributed by atoms with E-state index in [1.807, 2.05) is 59.4 Å². The number of nitrogens with zero attached hydrogens (tertiary/aromatic N) is 3. The predicted molar refractivity (Wildman–Crippen MR) is 118 cm³/mol. The van der Waals surface area contributed by atoms with Gasteiger partial charge in [0.05, 0.1) is 18.4 Å². The lowest BCUT2D eigenvalue weighted by Crippen LogP contribution is -2.40. The van der Waals surface area contributed by atoms with Crippen LogP contribution in [0.4, 0.5) is 0 Å². The van der Waals surface area contributed by atoms with Crippen LogP contribution >= 0.6 is 12.4 Å². The molecule has 2 aromatic carbocycles.